The number of benzene rings is 2. The van der Waals surface area contributed by atoms with Crippen molar-refractivity contribution in [2.24, 2.45) is 5.73 Å². The number of ether oxygens (including phenoxy) is 2. The molecule has 0 fully saturated rings. The van der Waals surface area contributed by atoms with Gasteiger partial charge in [-0.2, -0.15) is 0 Å². The summed E-state index contributed by atoms with van der Waals surface area (Å²) in [6.07, 6.45) is 0. The van der Waals surface area contributed by atoms with Crippen LogP contribution >= 0.6 is 0 Å². The molecule has 1 atom stereocenters. The average molecular weight is 305 g/mol. The maximum absolute atomic E-state index is 12.7. The lowest BCUT2D eigenvalue weighted by atomic mass is 10.1. The second-order valence-electron chi connectivity index (χ2n) is 4.70. The van der Waals surface area contributed by atoms with Crippen LogP contribution in [0.25, 0.3) is 0 Å². The van der Waals surface area contributed by atoms with Gasteiger partial charge < -0.3 is 15.2 Å². The van der Waals surface area contributed by atoms with Crippen molar-refractivity contribution in [1.82, 2.24) is 0 Å². The molecule has 0 saturated heterocycles. The molecule has 110 valence electrons. The van der Waals surface area contributed by atoms with E-state index < -0.39 is 15.1 Å². The van der Waals surface area contributed by atoms with Crippen LogP contribution in [0.5, 0.6) is 11.5 Å². The summed E-state index contributed by atoms with van der Waals surface area (Å²) in [4.78, 5) is 0.262. The lowest BCUT2D eigenvalue weighted by Crippen LogP contribution is -2.22. The standard InChI is InChI=1S/C15H15NO4S/c16-9-15(21(17,18)12-4-2-1-3-5-12)11-6-7-13-14(8-11)20-10-19-13/h1-8,15H,9-10,16H2/t15-/m0/s1. The van der Waals surface area contributed by atoms with Gasteiger partial charge in [-0.3, -0.25) is 0 Å². The fourth-order valence-electron chi connectivity index (χ4n) is 2.33. The van der Waals surface area contributed by atoms with Crippen molar-refractivity contribution in [3.63, 3.8) is 0 Å². The first-order valence-electron chi connectivity index (χ1n) is 6.51. The van der Waals surface area contributed by atoms with Crippen molar-refractivity contribution in [2.75, 3.05) is 13.3 Å². The smallest absolute Gasteiger partial charge is 0.231 e. The Morgan fingerprint density at radius 3 is 2.48 bits per heavy atom. The van der Waals surface area contributed by atoms with Crippen LogP contribution in [-0.4, -0.2) is 21.8 Å². The molecule has 2 aromatic carbocycles. The monoisotopic (exact) mass is 305 g/mol. The minimum atomic E-state index is -3.54. The summed E-state index contributed by atoms with van der Waals surface area (Å²) in [5, 5.41) is -0.811. The van der Waals surface area contributed by atoms with Gasteiger partial charge in [-0.15, -0.1) is 0 Å². The van der Waals surface area contributed by atoms with Crippen molar-refractivity contribution in [3.8, 4) is 11.5 Å². The SMILES string of the molecule is NC[C@@H](c1ccc2c(c1)OCO2)S(=O)(=O)c1ccccc1. The first kappa shape index (κ1) is 13.9. The van der Waals surface area contributed by atoms with E-state index in [1.165, 1.54) is 0 Å². The lowest BCUT2D eigenvalue weighted by Gasteiger charge is -2.16. The Morgan fingerprint density at radius 2 is 1.76 bits per heavy atom. The third-order valence-corrected chi connectivity index (χ3v) is 5.57. The van der Waals surface area contributed by atoms with Crippen LogP contribution in [-0.2, 0) is 9.84 Å². The zero-order valence-corrected chi connectivity index (χ0v) is 12.0. The lowest BCUT2D eigenvalue weighted by molar-refractivity contribution is 0.174. The van der Waals surface area contributed by atoms with Crippen LogP contribution in [0.4, 0.5) is 0 Å². The summed E-state index contributed by atoms with van der Waals surface area (Å²) in [6, 6.07) is 13.4. The molecule has 1 aliphatic rings. The number of sulfone groups is 1. The quantitative estimate of drug-likeness (QED) is 0.933. The first-order valence-corrected chi connectivity index (χ1v) is 8.06. The van der Waals surface area contributed by atoms with Crippen LogP contribution in [0.1, 0.15) is 10.8 Å². The molecule has 1 aliphatic heterocycles. The van der Waals surface area contributed by atoms with Gasteiger partial charge >= 0.3 is 0 Å². The summed E-state index contributed by atoms with van der Waals surface area (Å²) in [5.74, 6) is 1.17. The van der Waals surface area contributed by atoms with Gasteiger partial charge in [0.15, 0.2) is 21.3 Å². The molecule has 6 heteroatoms. The summed E-state index contributed by atoms with van der Waals surface area (Å²) in [5.41, 5.74) is 6.32. The van der Waals surface area contributed by atoms with Gasteiger partial charge in [-0.1, -0.05) is 24.3 Å². The number of rotatable bonds is 4. The molecular weight excluding hydrogens is 290 g/mol. The van der Waals surface area contributed by atoms with Crippen LogP contribution in [0.2, 0.25) is 0 Å². The number of hydrogen-bond donors (Lipinski definition) is 1. The highest BCUT2D eigenvalue weighted by Crippen LogP contribution is 2.37. The topological polar surface area (TPSA) is 78.6 Å². The van der Waals surface area contributed by atoms with Crippen LogP contribution in [0, 0.1) is 0 Å². The van der Waals surface area contributed by atoms with Gasteiger partial charge in [0, 0.05) is 6.54 Å². The van der Waals surface area contributed by atoms with Crippen molar-refractivity contribution >= 4 is 9.84 Å². The Morgan fingerprint density at radius 1 is 1.05 bits per heavy atom. The summed E-state index contributed by atoms with van der Waals surface area (Å²) in [7, 11) is -3.54. The van der Waals surface area contributed by atoms with Gasteiger partial charge in [-0.05, 0) is 29.8 Å². The van der Waals surface area contributed by atoms with E-state index >= 15 is 0 Å². The van der Waals surface area contributed by atoms with Gasteiger partial charge in [-0.25, -0.2) is 8.42 Å². The Bertz CT molecular complexity index is 744. The van der Waals surface area contributed by atoms with E-state index in [4.69, 9.17) is 15.2 Å². The number of nitrogens with two attached hydrogens (primary N) is 1. The summed E-state index contributed by atoms with van der Waals surface area (Å²) < 4.78 is 36.0. The van der Waals surface area contributed by atoms with Gasteiger partial charge in [0.1, 0.15) is 5.25 Å². The molecule has 3 rings (SSSR count). The van der Waals surface area contributed by atoms with E-state index in [0.717, 1.165) is 0 Å². The van der Waals surface area contributed by atoms with E-state index in [9.17, 15) is 8.42 Å². The molecule has 0 bridgehead atoms. The Hall–Kier alpha value is -2.05. The second kappa shape index (κ2) is 5.38. The molecule has 0 aromatic heterocycles. The van der Waals surface area contributed by atoms with Gasteiger partial charge in [0.05, 0.1) is 4.90 Å². The zero-order valence-electron chi connectivity index (χ0n) is 11.2. The molecular formula is C15H15NO4S. The van der Waals surface area contributed by atoms with Crippen molar-refractivity contribution < 1.29 is 17.9 Å². The van der Waals surface area contributed by atoms with Crippen LogP contribution in [0.3, 0.4) is 0 Å². The molecule has 2 aromatic rings. The average Bonchev–Trinajstić information content (AvgIpc) is 2.96. The first-order chi connectivity index (χ1) is 10.1. The Kier molecular flexibility index (Phi) is 3.57. The fraction of sp³-hybridized carbons (Fsp3) is 0.200. The molecule has 0 saturated carbocycles. The predicted molar refractivity (Wildman–Crippen MR) is 78.0 cm³/mol. The fourth-order valence-corrected chi connectivity index (χ4v) is 3.95. The van der Waals surface area contributed by atoms with Gasteiger partial charge in [0.2, 0.25) is 6.79 Å². The summed E-state index contributed by atoms with van der Waals surface area (Å²) in [6.45, 7) is 0.147. The number of fused-ring (bicyclic) bond motifs is 1. The van der Waals surface area contributed by atoms with Crippen LogP contribution < -0.4 is 15.2 Å². The van der Waals surface area contributed by atoms with Crippen LogP contribution in [0.15, 0.2) is 53.4 Å². The highest BCUT2D eigenvalue weighted by atomic mass is 32.2. The maximum atomic E-state index is 12.7. The predicted octanol–water partition coefficient (Wildman–Crippen LogP) is 1.89. The molecule has 21 heavy (non-hydrogen) atoms. The van der Waals surface area contributed by atoms with E-state index in [2.05, 4.69) is 0 Å². The van der Waals surface area contributed by atoms with E-state index in [1.807, 2.05) is 0 Å². The van der Waals surface area contributed by atoms with Crippen molar-refractivity contribution in [1.29, 1.82) is 0 Å². The van der Waals surface area contributed by atoms with Crippen molar-refractivity contribution in [2.45, 2.75) is 10.1 Å². The molecule has 0 unspecified atom stereocenters. The molecule has 2 N–H and O–H groups in total. The second-order valence-corrected chi connectivity index (χ2v) is 6.83. The third-order valence-electron chi connectivity index (χ3n) is 3.43. The zero-order chi connectivity index (χ0) is 14.9. The maximum Gasteiger partial charge on any atom is 0.231 e. The molecule has 0 aliphatic carbocycles. The summed E-state index contributed by atoms with van der Waals surface area (Å²) >= 11 is 0. The molecule has 5 nitrogen and oxygen atoms in total. The minimum Gasteiger partial charge on any atom is -0.454 e. The van der Waals surface area contributed by atoms with E-state index in [-0.39, 0.29) is 18.2 Å². The highest BCUT2D eigenvalue weighted by Gasteiger charge is 2.29. The molecule has 1 heterocycles. The molecule has 0 spiro atoms. The van der Waals surface area contributed by atoms with Crippen molar-refractivity contribution in [3.05, 3.63) is 54.1 Å². The Labute approximate surface area is 123 Å². The van der Waals surface area contributed by atoms with Gasteiger partial charge in [0.25, 0.3) is 0 Å². The molecule has 0 radical (unpaired) electrons. The minimum absolute atomic E-state index is 0.00310. The third kappa shape index (κ3) is 2.48. The molecule has 0 amide bonds. The normalized spacial score (nSPS) is 14.9. The Balaban J connectivity index is 2.02. The van der Waals surface area contributed by atoms with E-state index in [1.54, 1.807) is 48.5 Å². The highest BCUT2D eigenvalue weighted by molar-refractivity contribution is 7.91. The number of hydrogen-bond acceptors (Lipinski definition) is 5. The van der Waals surface area contributed by atoms with E-state index in [0.29, 0.717) is 17.1 Å². The largest absolute Gasteiger partial charge is 0.454 e.